The quantitative estimate of drug-likeness (QED) is 0.130. The highest BCUT2D eigenvalue weighted by Crippen LogP contribution is 2.40. The molecule has 0 spiro atoms. The molecule has 36 heavy (non-hydrogen) atoms. The highest BCUT2D eigenvalue weighted by atomic mass is 19.2. The van der Waals surface area contributed by atoms with E-state index in [1.54, 1.807) is 13.0 Å². The van der Waals surface area contributed by atoms with Gasteiger partial charge in [0.2, 0.25) is 11.6 Å². The van der Waals surface area contributed by atoms with Crippen LogP contribution in [0.15, 0.2) is 48.4 Å². The number of nitrogens with zero attached hydrogens (tertiary/aromatic N) is 1. The van der Waals surface area contributed by atoms with Gasteiger partial charge in [0.1, 0.15) is 18.1 Å². The van der Waals surface area contributed by atoms with E-state index in [2.05, 4.69) is 0 Å². The van der Waals surface area contributed by atoms with E-state index in [1.165, 1.54) is 12.1 Å². The van der Waals surface area contributed by atoms with Crippen molar-refractivity contribution in [2.24, 2.45) is 0 Å². The van der Waals surface area contributed by atoms with Crippen molar-refractivity contribution < 1.29 is 36.2 Å². The van der Waals surface area contributed by atoms with Crippen LogP contribution < -0.4 is 9.47 Å². The maximum Gasteiger partial charge on any atom is 0.231 e. The molecular formula is C27H18F5NO3. The largest absolute Gasteiger partial charge is 0.488 e. The van der Waals surface area contributed by atoms with E-state index in [0.29, 0.717) is 5.56 Å². The number of benzene rings is 3. The zero-order chi connectivity index (χ0) is 25.7. The number of carbonyl (C=O) groups is 1. The van der Waals surface area contributed by atoms with Crippen LogP contribution in [0, 0.1) is 36.0 Å². The van der Waals surface area contributed by atoms with E-state index >= 15 is 0 Å². The zero-order valence-electron chi connectivity index (χ0n) is 19.1. The summed E-state index contributed by atoms with van der Waals surface area (Å²) in [6.07, 6.45) is 3.56. The van der Waals surface area contributed by atoms with Gasteiger partial charge in [-0.3, -0.25) is 4.79 Å². The number of Topliss-reactive ketones (excluding diaryl/α,β-unsaturated/α-hetero) is 1. The lowest BCUT2D eigenvalue weighted by Crippen LogP contribution is -2.10. The van der Waals surface area contributed by atoms with Crippen LogP contribution in [0.2, 0.25) is 0 Å². The Balaban J connectivity index is 1.45. The maximum atomic E-state index is 14.0. The molecule has 0 saturated heterocycles. The summed E-state index contributed by atoms with van der Waals surface area (Å²) in [5.74, 6) is -10.3. The van der Waals surface area contributed by atoms with Gasteiger partial charge < -0.3 is 14.0 Å². The third-order valence-electron chi connectivity index (χ3n) is 6.16. The van der Waals surface area contributed by atoms with Crippen LogP contribution in [-0.4, -0.2) is 10.4 Å². The van der Waals surface area contributed by atoms with E-state index in [-0.39, 0.29) is 28.6 Å². The Morgan fingerprint density at radius 3 is 2.31 bits per heavy atom. The number of carbonyl (C=O) groups excluding carboxylic acids is 1. The number of hydrogen-bond donors (Lipinski definition) is 0. The second-order valence-corrected chi connectivity index (χ2v) is 8.23. The Morgan fingerprint density at radius 2 is 1.61 bits per heavy atom. The smallest absolute Gasteiger partial charge is 0.231 e. The Morgan fingerprint density at radius 1 is 0.944 bits per heavy atom. The summed E-state index contributed by atoms with van der Waals surface area (Å²) in [6.45, 7) is 3.39. The molecule has 9 heteroatoms. The molecule has 0 amide bonds. The lowest BCUT2D eigenvalue weighted by Gasteiger charge is -2.13. The fourth-order valence-electron chi connectivity index (χ4n) is 4.24. The normalized spacial score (nSPS) is 14.0. The van der Waals surface area contributed by atoms with E-state index in [9.17, 15) is 26.7 Å². The molecule has 1 aliphatic rings. The molecule has 0 radical (unpaired) electrons. The van der Waals surface area contributed by atoms with Crippen molar-refractivity contribution in [2.75, 3.05) is 0 Å². The van der Waals surface area contributed by atoms with Crippen molar-refractivity contribution in [3.05, 3.63) is 99.7 Å². The van der Waals surface area contributed by atoms with E-state index in [1.807, 2.05) is 42.0 Å². The fraction of sp³-hybridized carbons (Fsp3) is 0.148. The van der Waals surface area contributed by atoms with E-state index in [4.69, 9.17) is 9.47 Å². The molecule has 2 heterocycles. The highest BCUT2D eigenvalue weighted by Gasteiger charge is 2.31. The number of allylic oxidation sites excluding steroid dienone is 1. The molecule has 0 saturated carbocycles. The van der Waals surface area contributed by atoms with Gasteiger partial charge >= 0.3 is 0 Å². The highest BCUT2D eigenvalue weighted by molar-refractivity contribution is 6.15. The minimum atomic E-state index is -2.24. The van der Waals surface area contributed by atoms with Crippen LogP contribution in [0.1, 0.15) is 34.0 Å². The first-order valence-electron chi connectivity index (χ1n) is 11.0. The summed E-state index contributed by atoms with van der Waals surface area (Å²) in [4.78, 5) is 13.0. The number of hydrogen-bond acceptors (Lipinski definition) is 3. The average Bonchev–Trinajstić information content (AvgIpc) is 3.40. The van der Waals surface area contributed by atoms with E-state index < -0.39 is 41.3 Å². The summed E-state index contributed by atoms with van der Waals surface area (Å²) in [5, 5.41) is 0.947. The van der Waals surface area contributed by atoms with Gasteiger partial charge in [-0.15, -0.1) is 0 Å². The monoisotopic (exact) mass is 499 g/mol. The number of para-hydroxylation sites is 1. The molecule has 1 aromatic heterocycles. The number of aromatic nitrogens is 1. The number of ether oxygens (including phenoxy) is 2. The molecule has 0 fully saturated rings. The molecule has 0 unspecified atom stereocenters. The zero-order valence-corrected chi connectivity index (χ0v) is 19.1. The van der Waals surface area contributed by atoms with Crippen LogP contribution in [0.25, 0.3) is 17.0 Å². The fourth-order valence-corrected chi connectivity index (χ4v) is 4.24. The van der Waals surface area contributed by atoms with Gasteiger partial charge in [0, 0.05) is 34.8 Å². The third-order valence-corrected chi connectivity index (χ3v) is 6.16. The summed E-state index contributed by atoms with van der Waals surface area (Å²) < 4.78 is 81.5. The predicted octanol–water partition coefficient (Wildman–Crippen LogP) is 6.86. The molecule has 4 nitrogen and oxygen atoms in total. The second-order valence-electron chi connectivity index (χ2n) is 8.23. The van der Waals surface area contributed by atoms with Gasteiger partial charge in [-0.25, -0.2) is 22.0 Å². The number of rotatable bonds is 5. The van der Waals surface area contributed by atoms with Gasteiger partial charge in [0.05, 0.1) is 11.1 Å². The first kappa shape index (κ1) is 23.6. The minimum Gasteiger partial charge on any atom is -0.488 e. The Kier molecular flexibility index (Phi) is 5.78. The average molecular weight is 499 g/mol. The van der Waals surface area contributed by atoms with Crippen LogP contribution >= 0.6 is 0 Å². The molecule has 4 aromatic rings. The maximum absolute atomic E-state index is 14.0. The topological polar surface area (TPSA) is 40.5 Å². The number of aryl methyl sites for hydroxylation is 1. The Bertz CT molecular complexity index is 1560. The van der Waals surface area contributed by atoms with Crippen molar-refractivity contribution in [1.82, 2.24) is 4.57 Å². The molecule has 3 aromatic carbocycles. The molecule has 0 atom stereocenters. The van der Waals surface area contributed by atoms with Crippen molar-refractivity contribution in [3.8, 4) is 11.5 Å². The number of halogens is 5. The van der Waals surface area contributed by atoms with Crippen molar-refractivity contribution in [1.29, 1.82) is 0 Å². The first-order valence-corrected chi connectivity index (χ1v) is 11.0. The molecule has 5 rings (SSSR count). The van der Waals surface area contributed by atoms with Crippen molar-refractivity contribution >= 4 is 22.8 Å². The summed E-state index contributed by atoms with van der Waals surface area (Å²) in [6, 6.07) is 10.6. The van der Waals surface area contributed by atoms with Gasteiger partial charge in [-0.1, -0.05) is 18.2 Å². The molecule has 0 bridgehead atoms. The third kappa shape index (κ3) is 3.62. The van der Waals surface area contributed by atoms with Gasteiger partial charge in [-0.2, -0.15) is 0 Å². The van der Waals surface area contributed by atoms with Crippen LogP contribution in [0.4, 0.5) is 22.0 Å². The van der Waals surface area contributed by atoms with Crippen molar-refractivity contribution in [3.63, 3.8) is 0 Å². The molecule has 0 aliphatic carbocycles. The Labute approximate surface area is 202 Å². The SMILES string of the molecule is CCn1cc(/C=C2\Oc3c(ccc(OCc4c(F)c(F)c(F)c(F)c4F)c3C)C2=O)c2ccccc21. The lowest BCUT2D eigenvalue weighted by molar-refractivity contribution is 0.101. The molecule has 0 N–H and O–H groups in total. The van der Waals surface area contributed by atoms with Gasteiger partial charge in [0.15, 0.2) is 29.0 Å². The minimum absolute atomic E-state index is 0.0642. The predicted molar refractivity (Wildman–Crippen MR) is 122 cm³/mol. The molecule has 184 valence electrons. The van der Waals surface area contributed by atoms with Gasteiger partial charge in [0.25, 0.3) is 0 Å². The van der Waals surface area contributed by atoms with Crippen LogP contribution in [0.3, 0.4) is 0 Å². The Hall–Kier alpha value is -4.14. The standard InChI is InChI=1S/C27H18F5NO3/c1-3-33-11-14(15-6-4-5-7-18(15)33)10-20-26(34)16-8-9-19(13(2)27(16)36-20)35-12-17-21(28)23(30)25(32)24(31)22(17)29/h4-11H,3,12H2,1-2H3/b20-10-. The van der Waals surface area contributed by atoms with Crippen LogP contribution in [-0.2, 0) is 13.2 Å². The van der Waals surface area contributed by atoms with Gasteiger partial charge in [-0.05, 0) is 38.1 Å². The lowest BCUT2D eigenvalue weighted by atomic mass is 10.1. The van der Waals surface area contributed by atoms with E-state index in [0.717, 1.165) is 23.0 Å². The number of ketones is 1. The summed E-state index contributed by atoms with van der Waals surface area (Å²) >= 11 is 0. The number of fused-ring (bicyclic) bond motifs is 2. The summed E-state index contributed by atoms with van der Waals surface area (Å²) in [5.41, 5.74) is 1.31. The molecule has 1 aliphatic heterocycles. The van der Waals surface area contributed by atoms with Crippen LogP contribution in [0.5, 0.6) is 11.5 Å². The summed E-state index contributed by atoms with van der Waals surface area (Å²) in [7, 11) is 0. The van der Waals surface area contributed by atoms with Crippen molar-refractivity contribution in [2.45, 2.75) is 27.0 Å². The molecular weight excluding hydrogens is 481 g/mol. The second kappa shape index (κ2) is 8.82. The first-order chi connectivity index (χ1) is 17.2.